The number of rotatable bonds is 1. The maximum Gasteiger partial charge on any atom is 0.284 e. The first kappa shape index (κ1) is 11.3. The summed E-state index contributed by atoms with van der Waals surface area (Å²) in [7, 11) is 0. The molecule has 1 aromatic rings. The van der Waals surface area contributed by atoms with Crippen LogP contribution in [0.1, 0.15) is 19.5 Å². The lowest BCUT2D eigenvalue weighted by atomic mass is 10.4. The topological polar surface area (TPSA) is 78.4 Å². The number of carbonyl (C=O) groups is 1. The number of aromatic amines is 1. The van der Waals surface area contributed by atoms with Crippen LogP contribution in [0.4, 0.5) is 5.95 Å². The summed E-state index contributed by atoms with van der Waals surface area (Å²) in [5.41, 5.74) is 0.618. The van der Waals surface area contributed by atoms with Gasteiger partial charge in [-0.25, -0.2) is 14.9 Å². The highest BCUT2D eigenvalue weighted by molar-refractivity contribution is 6.26. The number of amides is 1. The van der Waals surface area contributed by atoms with Crippen molar-refractivity contribution in [2.45, 2.75) is 20.8 Å². The van der Waals surface area contributed by atoms with Crippen LogP contribution in [0.3, 0.4) is 0 Å². The van der Waals surface area contributed by atoms with Crippen molar-refractivity contribution in [3.8, 4) is 0 Å². The van der Waals surface area contributed by atoms with Crippen LogP contribution < -0.4 is 10.5 Å². The largest absolute Gasteiger partial charge is 0.292 e. The van der Waals surface area contributed by atoms with Gasteiger partial charge in [-0.3, -0.25) is 14.6 Å². The lowest BCUT2D eigenvalue weighted by Gasteiger charge is -2.14. The number of anilines is 1. The van der Waals surface area contributed by atoms with Crippen molar-refractivity contribution in [2.75, 3.05) is 4.90 Å². The first-order chi connectivity index (χ1) is 8.02. The van der Waals surface area contributed by atoms with Gasteiger partial charge in [-0.15, -0.1) is 0 Å². The van der Waals surface area contributed by atoms with E-state index in [1.807, 2.05) is 0 Å². The second-order valence-corrected chi connectivity index (χ2v) is 3.68. The maximum atomic E-state index is 12.0. The number of H-pyrrole nitrogens is 1. The Balaban J connectivity index is 2.52. The van der Waals surface area contributed by atoms with E-state index >= 15 is 0 Å². The number of aryl methyl sites for hydroxylation is 1. The summed E-state index contributed by atoms with van der Waals surface area (Å²) in [5, 5.41) is 0. The molecule has 17 heavy (non-hydrogen) atoms. The molecular formula is C11H12N4O2. The molecule has 0 fully saturated rings. The normalized spacial score (nSPS) is 17.8. The van der Waals surface area contributed by atoms with E-state index in [2.05, 4.69) is 15.0 Å². The van der Waals surface area contributed by atoms with Gasteiger partial charge in [-0.2, -0.15) is 0 Å². The van der Waals surface area contributed by atoms with Crippen molar-refractivity contribution in [3.63, 3.8) is 0 Å². The summed E-state index contributed by atoms with van der Waals surface area (Å²) in [6, 6.07) is 1.37. The van der Waals surface area contributed by atoms with E-state index in [9.17, 15) is 9.59 Å². The number of allylic oxidation sites excluding steroid dienone is 1. The van der Waals surface area contributed by atoms with Crippen molar-refractivity contribution in [3.05, 3.63) is 33.9 Å². The van der Waals surface area contributed by atoms with Crippen LogP contribution >= 0.6 is 0 Å². The van der Waals surface area contributed by atoms with E-state index in [0.29, 0.717) is 17.2 Å². The molecule has 1 aliphatic rings. The molecule has 0 spiro atoms. The molecule has 0 unspecified atom stereocenters. The number of aliphatic imine (C=N–C) groups is 1. The molecule has 6 heteroatoms. The van der Waals surface area contributed by atoms with Gasteiger partial charge < -0.3 is 0 Å². The lowest BCUT2D eigenvalue weighted by Crippen LogP contribution is -2.33. The van der Waals surface area contributed by atoms with Gasteiger partial charge in [0.1, 0.15) is 11.5 Å². The van der Waals surface area contributed by atoms with Gasteiger partial charge >= 0.3 is 0 Å². The third-order valence-electron chi connectivity index (χ3n) is 2.37. The average Bonchev–Trinajstić information content (AvgIpc) is 2.52. The maximum absolute atomic E-state index is 12.0. The Morgan fingerprint density at radius 3 is 2.59 bits per heavy atom. The van der Waals surface area contributed by atoms with E-state index in [0.717, 1.165) is 0 Å². The summed E-state index contributed by atoms with van der Waals surface area (Å²) in [6.07, 6.45) is 1.62. The number of amidine groups is 1. The van der Waals surface area contributed by atoms with Crippen molar-refractivity contribution < 1.29 is 4.79 Å². The fourth-order valence-corrected chi connectivity index (χ4v) is 1.64. The second kappa shape index (κ2) is 3.97. The summed E-state index contributed by atoms with van der Waals surface area (Å²) >= 11 is 0. The molecule has 2 heterocycles. The Labute approximate surface area is 97.7 Å². The van der Waals surface area contributed by atoms with Gasteiger partial charge in [0.2, 0.25) is 5.95 Å². The molecule has 1 amide bonds. The Morgan fingerprint density at radius 2 is 2.06 bits per heavy atom. The quantitative estimate of drug-likeness (QED) is 0.725. The molecule has 1 aromatic heterocycles. The van der Waals surface area contributed by atoms with Gasteiger partial charge in [-0.05, 0) is 20.8 Å². The standard InChI is InChI=1S/C11H12N4O2/c1-4-8-10(17)15(7(3)13-8)11-12-6(2)5-9(16)14-11/h4-5H,1-3H3,(H,12,14,16)/b8-4+. The molecular weight excluding hydrogens is 220 g/mol. The number of carbonyl (C=O) groups excluding carboxylic acids is 1. The molecule has 2 rings (SSSR count). The van der Waals surface area contributed by atoms with Crippen molar-refractivity contribution in [1.82, 2.24) is 9.97 Å². The molecule has 0 saturated heterocycles. The Hall–Kier alpha value is -2.24. The number of hydrogen-bond acceptors (Lipinski definition) is 4. The number of aromatic nitrogens is 2. The first-order valence-corrected chi connectivity index (χ1v) is 5.17. The molecule has 0 bridgehead atoms. The van der Waals surface area contributed by atoms with E-state index in [1.54, 1.807) is 26.8 Å². The molecule has 0 aromatic carbocycles. The number of nitrogens with one attached hydrogen (secondary N) is 1. The van der Waals surface area contributed by atoms with Crippen LogP contribution in [-0.2, 0) is 4.79 Å². The summed E-state index contributed by atoms with van der Waals surface area (Å²) < 4.78 is 0. The predicted octanol–water partition coefficient (Wildman–Crippen LogP) is 0.747. The van der Waals surface area contributed by atoms with Crippen LogP contribution in [-0.4, -0.2) is 21.7 Å². The van der Waals surface area contributed by atoms with Crippen molar-refractivity contribution in [2.24, 2.45) is 4.99 Å². The molecule has 0 radical (unpaired) electrons. The average molecular weight is 232 g/mol. The third-order valence-corrected chi connectivity index (χ3v) is 2.37. The summed E-state index contributed by atoms with van der Waals surface area (Å²) in [5.74, 6) is 0.425. The molecule has 6 nitrogen and oxygen atoms in total. The summed E-state index contributed by atoms with van der Waals surface area (Å²) in [6.45, 7) is 5.12. The Morgan fingerprint density at radius 1 is 1.35 bits per heavy atom. The SMILES string of the molecule is C/C=C1/N=C(C)N(c2nc(C)cc(=O)[nH]2)C1=O. The van der Waals surface area contributed by atoms with Gasteiger partial charge in [0.25, 0.3) is 11.5 Å². The van der Waals surface area contributed by atoms with E-state index < -0.39 is 0 Å². The Kier molecular flexibility index (Phi) is 2.63. The minimum Gasteiger partial charge on any atom is -0.292 e. The van der Waals surface area contributed by atoms with Gasteiger partial charge in [-0.1, -0.05) is 6.08 Å². The van der Waals surface area contributed by atoms with Crippen molar-refractivity contribution in [1.29, 1.82) is 0 Å². The fraction of sp³-hybridized carbons (Fsp3) is 0.273. The van der Waals surface area contributed by atoms with E-state index in [1.165, 1.54) is 11.0 Å². The highest BCUT2D eigenvalue weighted by atomic mass is 16.2. The first-order valence-electron chi connectivity index (χ1n) is 5.17. The Bertz CT molecular complexity index is 596. The van der Waals surface area contributed by atoms with Crippen LogP contribution in [0.15, 0.2) is 27.6 Å². The molecule has 88 valence electrons. The monoisotopic (exact) mass is 232 g/mol. The highest BCUT2D eigenvalue weighted by Gasteiger charge is 2.30. The zero-order valence-corrected chi connectivity index (χ0v) is 9.81. The van der Waals surface area contributed by atoms with E-state index in [-0.39, 0.29) is 17.4 Å². The minimum absolute atomic E-state index is 0.207. The minimum atomic E-state index is -0.290. The lowest BCUT2D eigenvalue weighted by molar-refractivity contribution is -0.114. The third kappa shape index (κ3) is 1.89. The van der Waals surface area contributed by atoms with Crippen molar-refractivity contribution >= 4 is 17.7 Å². The molecule has 1 aliphatic heterocycles. The molecule has 0 saturated carbocycles. The van der Waals surface area contributed by atoms with Gasteiger partial charge in [0.05, 0.1) is 0 Å². The van der Waals surface area contributed by atoms with Crippen LogP contribution in [0.5, 0.6) is 0 Å². The van der Waals surface area contributed by atoms with Crippen LogP contribution in [0, 0.1) is 6.92 Å². The second-order valence-electron chi connectivity index (χ2n) is 3.68. The predicted molar refractivity (Wildman–Crippen MR) is 63.9 cm³/mol. The smallest absolute Gasteiger partial charge is 0.284 e. The molecule has 1 N–H and O–H groups in total. The highest BCUT2D eigenvalue weighted by Crippen LogP contribution is 2.19. The van der Waals surface area contributed by atoms with Gasteiger partial charge in [0.15, 0.2) is 0 Å². The van der Waals surface area contributed by atoms with Crippen LogP contribution in [0.2, 0.25) is 0 Å². The number of nitrogens with zero attached hydrogens (tertiary/aromatic N) is 3. The van der Waals surface area contributed by atoms with Gasteiger partial charge in [0, 0.05) is 11.8 Å². The molecule has 0 aliphatic carbocycles. The molecule has 0 atom stereocenters. The fourth-order valence-electron chi connectivity index (χ4n) is 1.64. The van der Waals surface area contributed by atoms with Crippen LogP contribution in [0.25, 0.3) is 0 Å². The number of hydrogen-bond donors (Lipinski definition) is 1. The summed E-state index contributed by atoms with van der Waals surface area (Å²) in [4.78, 5) is 35.3. The zero-order chi connectivity index (χ0) is 12.6. The van der Waals surface area contributed by atoms with E-state index in [4.69, 9.17) is 0 Å². The zero-order valence-electron chi connectivity index (χ0n) is 9.81.